The minimum absolute atomic E-state index is 0.0257. The molecule has 274 valence electrons. The van der Waals surface area contributed by atoms with Crippen LogP contribution in [-0.4, -0.2) is 60.9 Å². The molecule has 0 saturated heterocycles. The van der Waals surface area contributed by atoms with E-state index >= 15 is 0 Å². The molecule has 10 nitrogen and oxygen atoms in total. The molecule has 0 aromatic rings. The van der Waals surface area contributed by atoms with E-state index in [4.69, 9.17) is 24.0 Å². The number of carbonyl (C=O) groups is 2. The summed E-state index contributed by atoms with van der Waals surface area (Å²) in [6.45, 7) is 4.71. The Labute approximate surface area is 281 Å². The lowest BCUT2D eigenvalue weighted by atomic mass is 10.0. The van der Waals surface area contributed by atoms with E-state index in [1.807, 2.05) is 0 Å². The summed E-state index contributed by atoms with van der Waals surface area (Å²) < 4.78 is 32.1. The number of ether oxygens (including phenoxy) is 3. The molecule has 0 rings (SSSR count). The predicted molar refractivity (Wildman–Crippen MR) is 184 cm³/mol. The van der Waals surface area contributed by atoms with E-state index in [0.29, 0.717) is 6.61 Å². The van der Waals surface area contributed by atoms with Crippen LogP contribution >= 0.6 is 7.82 Å². The summed E-state index contributed by atoms with van der Waals surface area (Å²) >= 11 is 0. The van der Waals surface area contributed by atoms with Gasteiger partial charge in [-0.2, -0.15) is 0 Å². The van der Waals surface area contributed by atoms with Gasteiger partial charge < -0.3 is 29.3 Å². The van der Waals surface area contributed by atoms with Crippen molar-refractivity contribution in [3.8, 4) is 0 Å². The van der Waals surface area contributed by atoms with E-state index < -0.39 is 26.5 Å². The summed E-state index contributed by atoms with van der Waals surface area (Å²) in [5.41, 5.74) is 0. The zero-order valence-electron chi connectivity index (χ0n) is 29.5. The van der Waals surface area contributed by atoms with E-state index in [2.05, 4.69) is 16.8 Å². The summed E-state index contributed by atoms with van der Waals surface area (Å²) in [6.07, 6.45) is 28.2. The zero-order chi connectivity index (χ0) is 34.0. The van der Waals surface area contributed by atoms with Gasteiger partial charge >= 0.3 is 13.8 Å². The zero-order valence-corrected chi connectivity index (χ0v) is 30.4. The first-order chi connectivity index (χ1) is 22.2. The van der Waals surface area contributed by atoms with Gasteiger partial charge in [0.25, 0.3) is 0 Å². The average Bonchev–Trinajstić information content (AvgIpc) is 3.00. The van der Waals surface area contributed by atoms with Gasteiger partial charge in [-0.15, -0.1) is 0 Å². The van der Waals surface area contributed by atoms with E-state index in [-0.39, 0.29) is 25.7 Å². The molecule has 0 bridgehead atoms. The molecule has 11 heteroatoms. The normalized spacial score (nSPS) is 12.3. The van der Waals surface area contributed by atoms with Crippen LogP contribution in [0.2, 0.25) is 0 Å². The fourth-order valence-electron chi connectivity index (χ4n) is 5.31. The number of rotatable bonds is 36. The maximum atomic E-state index is 12.3. The van der Waals surface area contributed by atoms with Crippen molar-refractivity contribution in [2.75, 3.05) is 33.2 Å². The van der Waals surface area contributed by atoms with Crippen molar-refractivity contribution in [3.63, 3.8) is 0 Å². The molecule has 0 saturated carbocycles. The van der Waals surface area contributed by atoms with Crippen molar-refractivity contribution in [1.29, 1.82) is 0 Å². The highest BCUT2D eigenvalue weighted by Gasteiger charge is 2.21. The fraction of sp³-hybridized carbons (Fsp3) is 0.943. The quantitative estimate of drug-likeness (QED) is 0.0256. The van der Waals surface area contributed by atoms with Crippen molar-refractivity contribution in [2.24, 2.45) is 0 Å². The Morgan fingerprint density at radius 3 is 1.57 bits per heavy atom. The lowest BCUT2D eigenvalue weighted by Gasteiger charge is -2.18. The van der Waals surface area contributed by atoms with Gasteiger partial charge in [-0.3, -0.25) is 14.1 Å². The Morgan fingerprint density at radius 2 is 1.09 bits per heavy atom. The van der Waals surface area contributed by atoms with Gasteiger partial charge in [-0.1, -0.05) is 142 Å². The Hall–Kier alpha value is -1.03. The predicted octanol–water partition coefficient (Wildman–Crippen LogP) is 8.91. The van der Waals surface area contributed by atoms with Gasteiger partial charge in [0.05, 0.1) is 13.2 Å². The number of phosphoric ester groups is 1. The second-order valence-corrected chi connectivity index (χ2v) is 13.9. The number of unbranched alkanes of at least 4 members (excludes halogenated alkanes) is 22. The van der Waals surface area contributed by atoms with E-state index in [0.717, 1.165) is 45.1 Å². The molecular formula is C35H70NO9P. The minimum Gasteiger partial charge on any atom is -0.457 e. The topological polar surface area (TPSA) is 141 Å². The number of hydrogen-bond acceptors (Lipinski definition) is 7. The van der Waals surface area contributed by atoms with Crippen LogP contribution in [0.15, 0.2) is 0 Å². The number of amides is 1. The van der Waals surface area contributed by atoms with Crippen molar-refractivity contribution in [3.05, 3.63) is 0 Å². The van der Waals surface area contributed by atoms with Crippen LogP contribution < -0.4 is 5.32 Å². The number of esters is 1. The molecule has 0 aromatic heterocycles. The van der Waals surface area contributed by atoms with Crippen LogP contribution in [0.1, 0.15) is 174 Å². The van der Waals surface area contributed by atoms with Crippen molar-refractivity contribution < 1.29 is 42.7 Å². The van der Waals surface area contributed by atoms with E-state index in [1.165, 1.54) is 116 Å². The van der Waals surface area contributed by atoms with Crippen LogP contribution in [0, 0.1) is 0 Å². The molecule has 0 aliphatic carbocycles. The van der Waals surface area contributed by atoms with Crippen LogP contribution in [0.25, 0.3) is 0 Å². The summed E-state index contributed by atoms with van der Waals surface area (Å²) in [5, 5.41) is 2.84. The van der Waals surface area contributed by atoms with Crippen LogP contribution in [0.3, 0.4) is 0 Å². The third kappa shape index (κ3) is 37.4. The lowest BCUT2D eigenvalue weighted by Crippen LogP contribution is -2.28. The second kappa shape index (κ2) is 33.9. The monoisotopic (exact) mass is 679 g/mol. The third-order valence-electron chi connectivity index (χ3n) is 8.02. The Bertz CT molecular complexity index is 735. The summed E-state index contributed by atoms with van der Waals surface area (Å²) in [4.78, 5) is 41.2. The Kier molecular flexibility index (Phi) is 33.1. The molecule has 0 aliphatic heterocycles. The standard InChI is InChI=1S/C35H70NO9P/c1-3-4-5-6-7-8-12-15-18-21-24-27-35(38)45-34(31-44-46(39,40)41)30-43-32-42-29-26-23-20-17-14-11-9-10-13-16-19-22-25-28-36-33(2)37/h34H,3-32H2,1-2H3,(H,36,37)(H2,39,40,41)/t34-/m1/s1. The van der Waals surface area contributed by atoms with Crippen molar-refractivity contribution >= 4 is 19.7 Å². The molecule has 3 N–H and O–H groups in total. The molecule has 0 unspecified atom stereocenters. The van der Waals surface area contributed by atoms with Gasteiger partial charge in [0.1, 0.15) is 12.9 Å². The van der Waals surface area contributed by atoms with E-state index in [9.17, 15) is 14.2 Å². The molecule has 0 spiro atoms. The van der Waals surface area contributed by atoms with Gasteiger partial charge in [-0.05, 0) is 19.3 Å². The van der Waals surface area contributed by atoms with Gasteiger partial charge in [0.2, 0.25) is 5.91 Å². The van der Waals surface area contributed by atoms with Crippen molar-refractivity contribution in [2.45, 2.75) is 180 Å². The Balaban J connectivity index is 3.73. The van der Waals surface area contributed by atoms with Crippen LogP contribution in [0.4, 0.5) is 0 Å². The van der Waals surface area contributed by atoms with Gasteiger partial charge in [-0.25, -0.2) is 4.57 Å². The van der Waals surface area contributed by atoms with Crippen molar-refractivity contribution in [1.82, 2.24) is 5.32 Å². The maximum Gasteiger partial charge on any atom is 0.469 e. The number of carbonyl (C=O) groups excluding carboxylic acids is 2. The highest BCUT2D eigenvalue weighted by Crippen LogP contribution is 2.35. The number of phosphoric acid groups is 1. The largest absolute Gasteiger partial charge is 0.469 e. The molecular weight excluding hydrogens is 609 g/mol. The smallest absolute Gasteiger partial charge is 0.457 e. The van der Waals surface area contributed by atoms with E-state index in [1.54, 1.807) is 6.92 Å². The molecule has 0 heterocycles. The minimum atomic E-state index is -4.68. The second-order valence-electron chi connectivity index (χ2n) is 12.7. The average molecular weight is 680 g/mol. The van der Waals surface area contributed by atoms with Gasteiger partial charge in [0, 0.05) is 26.5 Å². The third-order valence-corrected chi connectivity index (χ3v) is 8.51. The molecule has 0 aromatic carbocycles. The first-order valence-electron chi connectivity index (χ1n) is 18.5. The fourth-order valence-corrected chi connectivity index (χ4v) is 5.67. The highest BCUT2D eigenvalue weighted by molar-refractivity contribution is 7.46. The number of nitrogens with one attached hydrogen (secondary N) is 1. The van der Waals surface area contributed by atoms with Gasteiger partial charge in [0.15, 0.2) is 0 Å². The first kappa shape index (κ1) is 45.0. The maximum absolute atomic E-state index is 12.3. The lowest BCUT2D eigenvalue weighted by molar-refractivity contribution is -0.158. The molecule has 46 heavy (non-hydrogen) atoms. The van der Waals surface area contributed by atoms with Crippen LogP contribution in [-0.2, 0) is 32.9 Å². The molecule has 1 atom stereocenters. The molecule has 0 fully saturated rings. The summed E-state index contributed by atoms with van der Waals surface area (Å²) in [5.74, 6) is -0.354. The molecule has 1 amide bonds. The Morgan fingerprint density at radius 1 is 0.630 bits per heavy atom. The van der Waals surface area contributed by atoms with Crippen LogP contribution in [0.5, 0.6) is 0 Å². The number of hydrogen-bond donors (Lipinski definition) is 3. The molecule has 0 aliphatic rings. The molecule has 0 radical (unpaired) electrons. The summed E-state index contributed by atoms with van der Waals surface area (Å²) in [6, 6.07) is 0. The summed E-state index contributed by atoms with van der Waals surface area (Å²) in [7, 11) is -4.68. The SMILES string of the molecule is CCCCCCCCCCCCCC(=O)O[C@H](COCOCCCCCCCCCCCCCCCNC(C)=O)COP(=O)(O)O. The highest BCUT2D eigenvalue weighted by atomic mass is 31.2. The first-order valence-corrected chi connectivity index (χ1v) is 20.1.